The molecule has 1 amide bonds. The van der Waals surface area contributed by atoms with E-state index in [-0.39, 0.29) is 24.2 Å². The molecular weight excluding hydrogens is 669 g/mol. The average molecular weight is 719 g/mol. The molecule has 51 heavy (non-hydrogen) atoms. The van der Waals surface area contributed by atoms with Crippen LogP contribution in [-0.2, 0) is 16.6 Å². The number of likely N-dealkylation sites (N-methyl/N-ethyl adjacent to an activating group) is 1. The topological polar surface area (TPSA) is 149 Å². The second kappa shape index (κ2) is 14.7. The Morgan fingerprint density at radius 1 is 1.22 bits per heavy atom. The minimum Gasteiger partial charge on any atom is -0.458 e. The van der Waals surface area contributed by atoms with Gasteiger partial charge >= 0.3 is 12.1 Å². The van der Waals surface area contributed by atoms with Crippen LogP contribution in [-0.4, -0.2) is 119 Å². The summed E-state index contributed by atoms with van der Waals surface area (Å²) in [4.78, 5) is 41.3. The molecule has 0 radical (unpaired) electrons. The largest absolute Gasteiger partial charge is 0.458 e. The average Bonchev–Trinajstić information content (AvgIpc) is 3.85. The van der Waals surface area contributed by atoms with E-state index in [1.54, 1.807) is 22.6 Å². The zero-order valence-corrected chi connectivity index (χ0v) is 31.9. The van der Waals surface area contributed by atoms with Gasteiger partial charge < -0.3 is 28.7 Å². The number of anilines is 1. The normalized spacial score (nSPS) is 21.8. The lowest BCUT2D eigenvalue weighted by Crippen LogP contribution is -2.50. The fourth-order valence-corrected chi connectivity index (χ4v) is 8.50. The maximum absolute atomic E-state index is 12.8. The van der Waals surface area contributed by atoms with Crippen LogP contribution in [0.5, 0.6) is 6.01 Å². The van der Waals surface area contributed by atoms with Crippen molar-refractivity contribution in [3.8, 4) is 23.6 Å². The number of aliphatic imine (C=N–C) groups is 1. The zero-order valence-electron chi connectivity index (χ0n) is 31.1. The number of ether oxygens (including phenoxy) is 2. The van der Waals surface area contributed by atoms with E-state index in [1.165, 1.54) is 0 Å². The van der Waals surface area contributed by atoms with Crippen molar-refractivity contribution >= 4 is 34.6 Å². The number of piperazine rings is 1. The third kappa shape index (κ3) is 7.82. The molecule has 5 heterocycles. The Hall–Kier alpha value is -4.29. The Kier molecular flexibility index (Phi) is 10.6. The number of thiophene rings is 1. The van der Waals surface area contributed by atoms with E-state index in [0.717, 1.165) is 55.5 Å². The second-order valence-electron chi connectivity index (χ2n) is 15.1. The number of rotatable bonds is 9. The summed E-state index contributed by atoms with van der Waals surface area (Å²) in [6, 6.07) is 4.81. The van der Waals surface area contributed by atoms with Crippen LogP contribution in [0.3, 0.4) is 0 Å². The first kappa shape index (κ1) is 36.5. The number of carbonyl (C=O) groups excluding carboxylic acids is 1. The van der Waals surface area contributed by atoms with E-state index in [1.807, 2.05) is 45.8 Å². The smallest absolute Gasteiger partial charge is 0.410 e. The van der Waals surface area contributed by atoms with Gasteiger partial charge in [-0.2, -0.15) is 20.2 Å². The molecule has 0 unspecified atom stereocenters. The molecular formula is C36H50N10O4S. The van der Waals surface area contributed by atoms with Crippen LogP contribution in [0.15, 0.2) is 15.6 Å². The van der Waals surface area contributed by atoms with Gasteiger partial charge in [-0.15, -0.1) is 11.3 Å². The lowest BCUT2D eigenvalue weighted by atomic mass is 9.72. The van der Waals surface area contributed by atoms with Gasteiger partial charge in [-0.25, -0.2) is 9.79 Å². The molecule has 0 spiro atoms. The molecule has 15 heteroatoms. The van der Waals surface area contributed by atoms with Gasteiger partial charge in [-0.1, -0.05) is 12.1 Å². The molecule has 3 aromatic heterocycles. The molecule has 14 nitrogen and oxygen atoms in total. The van der Waals surface area contributed by atoms with Gasteiger partial charge in [0.25, 0.3) is 0 Å². The maximum Gasteiger partial charge on any atom is 0.410 e. The molecule has 3 atom stereocenters. The Morgan fingerprint density at radius 2 is 1.98 bits per heavy atom. The van der Waals surface area contributed by atoms with Crippen molar-refractivity contribution in [2.24, 2.45) is 4.99 Å². The van der Waals surface area contributed by atoms with Gasteiger partial charge in [-0.05, 0) is 79.8 Å². The summed E-state index contributed by atoms with van der Waals surface area (Å²) in [5, 5.41) is 15.4. The van der Waals surface area contributed by atoms with Crippen LogP contribution in [0.1, 0.15) is 88.6 Å². The first-order valence-corrected chi connectivity index (χ1v) is 18.7. The summed E-state index contributed by atoms with van der Waals surface area (Å²) >= 11 is 1.56. The van der Waals surface area contributed by atoms with Gasteiger partial charge in [0.05, 0.1) is 17.3 Å². The molecule has 2 saturated heterocycles. The highest BCUT2D eigenvalue weighted by atomic mass is 32.1. The van der Waals surface area contributed by atoms with Gasteiger partial charge in [0.1, 0.15) is 34.3 Å². The maximum atomic E-state index is 12.8. The number of aromatic nitrogens is 4. The zero-order chi connectivity index (χ0) is 36.5. The van der Waals surface area contributed by atoms with Gasteiger partial charge in [-0.3, -0.25) is 4.90 Å². The van der Waals surface area contributed by atoms with E-state index < -0.39 is 11.0 Å². The van der Waals surface area contributed by atoms with E-state index in [9.17, 15) is 10.1 Å². The molecule has 3 aromatic rings. The molecule has 0 aromatic carbocycles. The van der Waals surface area contributed by atoms with Gasteiger partial charge in [0, 0.05) is 62.8 Å². The molecule has 6 rings (SSSR count). The summed E-state index contributed by atoms with van der Waals surface area (Å²) in [7, 11) is 5.95. The number of amides is 1. The van der Waals surface area contributed by atoms with Crippen molar-refractivity contribution in [1.82, 2.24) is 34.8 Å². The molecule has 3 aliphatic rings. The summed E-state index contributed by atoms with van der Waals surface area (Å²) in [6.07, 6.45) is 6.85. The fourth-order valence-electron chi connectivity index (χ4n) is 7.24. The SMILES string of the molecule is CC[C@H](Oc1nc(-c2noc([C@@]3(C)CCCc4sc(N=CN(C)C)c(C#N)c43)n2)cc(N2CCN(C(=O)OC(C)(C)C)CC2)n1)[C@@H]1CCCN1C. The Morgan fingerprint density at radius 3 is 2.63 bits per heavy atom. The molecule has 1 aliphatic carbocycles. The number of nitrogens with zero attached hydrogens (tertiary/aromatic N) is 10. The first-order chi connectivity index (χ1) is 24.3. The van der Waals surface area contributed by atoms with Crippen molar-refractivity contribution in [2.45, 2.75) is 96.3 Å². The highest BCUT2D eigenvalue weighted by molar-refractivity contribution is 7.16. The lowest BCUT2D eigenvalue weighted by Gasteiger charge is -2.36. The van der Waals surface area contributed by atoms with Crippen LogP contribution in [0.4, 0.5) is 15.6 Å². The molecule has 0 bridgehead atoms. The number of hydrogen-bond donors (Lipinski definition) is 0. The van der Waals surface area contributed by atoms with Crippen molar-refractivity contribution in [2.75, 3.05) is 58.8 Å². The monoisotopic (exact) mass is 718 g/mol. The highest BCUT2D eigenvalue weighted by Crippen LogP contribution is 2.50. The van der Waals surface area contributed by atoms with Crippen molar-refractivity contribution in [3.63, 3.8) is 0 Å². The van der Waals surface area contributed by atoms with Crippen LogP contribution in [0.2, 0.25) is 0 Å². The van der Waals surface area contributed by atoms with Crippen LogP contribution in [0.25, 0.3) is 11.5 Å². The molecule has 0 saturated carbocycles. The molecule has 2 aliphatic heterocycles. The van der Waals surface area contributed by atoms with Crippen molar-refractivity contribution < 1.29 is 18.8 Å². The predicted octanol–water partition coefficient (Wildman–Crippen LogP) is 5.63. The molecule has 2 fully saturated rings. The fraction of sp³-hybridized carbons (Fsp3) is 0.639. The predicted molar refractivity (Wildman–Crippen MR) is 196 cm³/mol. The Balaban J connectivity index is 1.33. The van der Waals surface area contributed by atoms with E-state index in [2.05, 4.69) is 46.9 Å². The first-order valence-electron chi connectivity index (χ1n) is 17.9. The van der Waals surface area contributed by atoms with Gasteiger partial charge in [0.15, 0.2) is 0 Å². The number of fused-ring (bicyclic) bond motifs is 1. The minimum absolute atomic E-state index is 0.0858. The van der Waals surface area contributed by atoms with Crippen molar-refractivity contribution in [1.29, 1.82) is 5.26 Å². The number of hydrogen-bond acceptors (Lipinski definition) is 13. The third-order valence-electron chi connectivity index (χ3n) is 9.85. The quantitative estimate of drug-likeness (QED) is 0.199. The summed E-state index contributed by atoms with van der Waals surface area (Å²) in [5.41, 5.74) is 0.732. The minimum atomic E-state index is -0.667. The Labute approximate surface area is 304 Å². The standard InChI is InChI=1S/C36H50N10O4S/c1-9-26(25-12-11-15-44(25)8)48-33-39-24(20-28(40-33)45-16-18-46(19-17-45)34(47)49-35(2,3)4)30-41-32(50-42-30)36(5)14-10-13-27-29(36)23(21-37)31(51-27)38-22-43(6)7/h20,22,25-26H,9-19H2,1-8H3/t25-,26-,36-/m0/s1. The van der Waals surface area contributed by atoms with Crippen LogP contribution >= 0.6 is 11.3 Å². The lowest BCUT2D eigenvalue weighted by molar-refractivity contribution is 0.0240. The molecule has 0 N–H and O–H groups in total. The number of aryl methyl sites for hydroxylation is 1. The van der Waals surface area contributed by atoms with Gasteiger partial charge in [0.2, 0.25) is 11.7 Å². The Bertz CT molecular complexity index is 1780. The highest BCUT2D eigenvalue weighted by Gasteiger charge is 2.43. The van der Waals surface area contributed by atoms with Crippen molar-refractivity contribution in [3.05, 3.63) is 28.0 Å². The summed E-state index contributed by atoms with van der Waals surface area (Å²) < 4.78 is 18.2. The molecule has 274 valence electrons. The number of likely N-dealkylation sites (tertiary alicyclic amines) is 1. The number of nitriles is 1. The second-order valence-corrected chi connectivity index (χ2v) is 16.2. The summed E-state index contributed by atoms with van der Waals surface area (Å²) in [5.74, 6) is 1.42. The third-order valence-corrected chi connectivity index (χ3v) is 11.0. The van der Waals surface area contributed by atoms with Crippen LogP contribution in [0, 0.1) is 11.3 Å². The number of carbonyl (C=O) groups is 1. The summed E-state index contributed by atoms with van der Waals surface area (Å²) in [6.45, 7) is 12.9. The van der Waals surface area contributed by atoms with E-state index in [0.29, 0.717) is 60.0 Å². The van der Waals surface area contributed by atoms with E-state index >= 15 is 0 Å². The van der Waals surface area contributed by atoms with E-state index in [4.69, 9.17) is 28.9 Å². The van der Waals surface area contributed by atoms with Crippen LogP contribution < -0.4 is 9.64 Å².